The number of carbonyl (C=O) groups is 2. The third-order valence-electron chi connectivity index (χ3n) is 14.1. The molecule has 0 unspecified atom stereocenters. The summed E-state index contributed by atoms with van der Waals surface area (Å²) in [6.07, 6.45) is 74.4. The molecule has 0 atom stereocenters. The molecule has 0 aliphatic carbocycles. The maximum absolute atomic E-state index is 12.0. The maximum Gasteiger partial charge on any atom is 0.417 e. The summed E-state index contributed by atoms with van der Waals surface area (Å²) in [5.74, 6) is -1.64. The second-order valence-corrected chi connectivity index (χ2v) is 20.7. The highest BCUT2D eigenvalue weighted by molar-refractivity contribution is 6.29. The van der Waals surface area contributed by atoms with E-state index in [4.69, 9.17) is 9.47 Å². The molecule has 64 heavy (non-hydrogen) atoms. The van der Waals surface area contributed by atoms with Crippen LogP contribution in [0.4, 0.5) is 0 Å². The lowest BCUT2D eigenvalue weighted by atomic mass is 10.0. The molecule has 0 bridgehead atoms. The van der Waals surface area contributed by atoms with E-state index in [1.165, 1.54) is 321 Å². The van der Waals surface area contributed by atoms with Crippen molar-refractivity contribution in [2.24, 2.45) is 0 Å². The van der Waals surface area contributed by atoms with Crippen molar-refractivity contribution >= 4 is 11.9 Å². The van der Waals surface area contributed by atoms with Gasteiger partial charge in [-0.3, -0.25) is 0 Å². The van der Waals surface area contributed by atoms with Gasteiger partial charge in [0.15, 0.2) is 0 Å². The molecule has 382 valence electrons. The van der Waals surface area contributed by atoms with Crippen LogP contribution >= 0.6 is 0 Å². The highest BCUT2D eigenvalue weighted by Gasteiger charge is 2.16. The lowest BCUT2D eigenvalue weighted by molar-refractivity contribution is -0.167. The minimum atomic E-state index is -0.820. The Hall–Kier alpha value is -1.06. The van der Waals surface area contributed by atoms with Crippen LogP contribution in [0.25, 0.3) is 0 Å². The highest BCUT2D eigenvalue weighted by atomic mass is 16.6. The number of hydrogen-bond donors (Lipinski definition) is 0. The van der Waals surface area contributed by atoms with Gasteiger partial charge in [0, 0.05) is 0 Å². The first-order valence-corrected chi connectivity index (χ1v) is 30.1. The lowest BCUT2D eigenvalue weighted by Crippen LogP contribution is -2.21. The average molecular weight is 904 g/mol. The predicted molar refractivity (Wildman–Crippen MR) is 283 cm³/mol. The summed E-state index contributed by atoms with van der Waals surface area (Å²) in [6, 6.07) is 0. The normalized spacial score (nSPS) is 11.5. The minimum Gasteiger partial charge on any atom is -0.457 e. The van der Waals surface area contributed by atoms with Crippen LogP contribution in [0.15, 0.2) is 0 Å². The molecule has 0 saturated carbocycles. The molecular formula is C60H118O4. The smallest absolute Gasteiger partial charge is 0.417 e. The molecule has 0 amide bonds. The Kier molecular flexibility index (Phi) is 57.1. The number of hydrogen-bond acceptors (Lipinski definition) is 4. The van der Waals surface area contributed by atoms with E-state index in [2.05, 4.69) is 13.8 Å². The summed E-state index contributed by atoms with van der Waals surface area (Å²) in [5.41, 5.74) is 0. The van der Waals surface area contributed by atoms with Crippen molar-refractivity contribution in [3.8, 4) is 0 Å². The van der Waals surface area contributed by atoms with Crippen molar-refractivity contribution < 1.29 is 19.1 Å². The van der Waals surface area contributed by atoms with E-state index in [9.17, 15) is 9.59 Å². The summed E-state index contributed by atoms with van der Waals surface area (Å²) in [5, 5.41) is 0. The predicted octanol–water partition coefficient (Wildman–Crippen LogP) is 21.2. The average Bonchev–Trinajstić information content (AvgIpc) is 3.30. The van der Waals surface area contributed by atoms with Gasteiger partial charge in [-0.2, -0.15) is 0 Å². The van der Waals surface area contributed by atoms with Crippen molar-refractivity contribution in [2.45, 2.75) is 361 Å². The van der Waals surface area contributed by atoms with Gasteiger partial charge >= 0.3 is 11.9 Å². The molecule has 0 aliphatic rings. The summed E-state index contributed by atoms with van der Waals surface area (Å²) in [6.45, 7) is 5.25. The van der Waals surface area contributed by atoms with E-state index in [0.717, 1.165) is 25.7 Å². The van der Waals surface area contributed by atoms with Crippen LogP contribution in [0.5, 0.6) is 0 Å². The fraction of sp³-hybridized carbons (Fsp3) is 0.967. The van der Waals surface area contributed by atoms with Crippen molar-refractivity contribution in [1.82, 2.24) is 0 Å². The Morgan fingerprint density at radius 3 is 0.422 bits per heavy atom. The molecule has 0 aromatic heterocycles. The van der Waals surface area contributed by atoms with Gasteiger partial charge in [-0.05, 0) is 12.8 Å². The molecule has 0 radical (unpaired) electrons. The van der Waals surface area contributed by atoms with E-state index in [-0.39, 0.29) is 0 Å². The standard InChI is InChI=1S/C60H118O4/c1-3-5-7-9-11-13-15-17-19-21-23-25-27-29-31-33-35-37-39-41-43-45-47-49-51-53-55-57-63-59(61)60(62)64-58-56-54-52-50-48-46-44-42-40-38-36-34-32-30-28-26-24-22-20-18-16-14-12-10-8-6-4-2/h3-58H2,1-2H3. The van der Waals surface area contributed by atoms with Crippen LogP contribution in [0.2, 0.25) is 0 Å². The minimum absolute atomic E-state index is 0.326. The van der Waals surface area contributed by atoms with Gasteiger partial charge in [0.1, 0.15) is 0 Å². The largest absolute Gasteiger partial charge is 0.457 e. The first-order valence-electron chi connectivity index (χ1n) is 30.1. The third kappa shape index (κ3) is 55.3. The Labute approximate surface area is 403 Å². The fourth-order valence-electron chi connectivity index (χ4n) is 9.64. The van der Waals surface area contributed by atoms with E-state index >= 15 is 0 Å². The Morgan fingerprint density at radius 1 is 0.188 bits per heavy atom. The second kappa shape index (κ2) is 58.1. The molecule has 4 heteroatoms. The third-order valence-corrected chi connectivity index (χ3v) is 14.1. The number of ether oxygens (including phenoxy) is 2. The number of carbonyl (C=O) groups excluding carboxylic acids is 2. The molecular weight excluding hydrogens is 785 g/mol. The zero-order chi connectivity index (χ0) is 46.2. The number of unbranched alkanes of at least 4 members (excludes halogenated alkanes) is 52. The van der Waals surface area contributed by atoms with E-state index in [0.29, 0.717) is 13.2 Å². The molecule has 4 nitrogen and oxygen atoms in total. The topological polar surface area (TPSA) is 52.6 Å². The number of esters is 2. The summed E-state index contributed by atoms with van der Waals surface area (Å²) in [7, 11) is 0. The van der Waals surface area contributed by atoms with Crippen molar-refractivity contribution in [3.63, 3.8) is 0 Å². The van der Waals surface area contributed by atoms with E-state index in [1.54, 1.807) is 0 Å². The lowest BCUT2D eigenvalue weighted by Gasteiger charge is -2.06. The molecule has 0 fully saturated rings. The Morgan fingerprint density at radius 2 is 0.297 bits per heavy atom. The van der Waals surface area contributed by atoms with Gasteiger partial charge in [-0.1, -0.05) is 348 Å². The summed E-state index contributed by atoms with van der Waals surface area (Å²) in [4.78, 5) is 24.0. The first-order chi connectivity index (χ1) is 31.7. The van der Waals surface area contributed by atoms with Crippen molar-refractivity contribution in [2.75, 3.05) is 13.2 Å². The molecule has 0 N–H and O–H groups in total. The van der Waals surface area contributed by atoms with Gasteiger partial charge < -0.3 is 9.47 Å². The second-order valence-electron chi connectivity index (χ2n) is 20.7. The van der Waals surface area contributed by atoms with Crippen molar-refractivity contribution in [1.29, 1.82) is 0 Å². The van der Waals surface area contributed by atoms with Crippen LogP contribution in [0, 0.1) is 0 Å². The molecule has 0 aromatic carbocycles. The Bertz CT molecular complexity index is 802. The van der Waals surface area contributed by atoms with Gasteiger partial charge in [-0.15, -0.1) is 0 Å². The monoisotopic (exact) mass is 903 g/mol. The molecule has 0 aromatic rings. The van der Waals surface area contributed by atoms with Crippen LogP contribution in [0.1, 0.15) is 361 Å². The molecule has 0 rings (SSSR count). The quantitative estimate of drug-likeness (QED) is 0.0347. The molecule has 0 saturated heterocycles. The Balaban J connectivity index is 3.22. The van der Waals surface area contributed by atoms with Crippen LogP contribution < -0.4 is 0 Å². The first kappa shape index (κ1) is 62.9. The fourth-order valence-corrected chi connectivity index (χ4v) is 9.64. The van der Waals surface area contributed by atoms with Gasteiger partial charge in [0.25, 0.3) is 0 Å². The zero-order valence-electron chi connectivity index (χ0n) is 44.2. The van der Waals surface area contributed by atoms with Gasteiger partial charge in [0.2, 0.25) is 0 Å². The zero-order valence-corrected chi connectivity index (χ0v) is 44.2. The van der Waals surface area contributed by atoms with E-state index in [1.807, 2.05) is 0 Å². The van der Waals surface area contributed by atoms with Crippen LogP contribution in [0.3, 0.4) is 0 Å². The maximum atomic E-state index is 12.0. The van der Waals surface area contributed by atoms with Gasteiger partial charge in [0.05, 0.1) is 13.2 Å². The van der Waals surface area contributed by atoms with E-state index < -0.39 is 11.9 Å². The van der Waals surface area contributed by atoms with Crippen LogP contribution in [-0.2, 0) is 19.1 Å². The molecule has 0 heterocycles. The summed E-state index contributed by atoms with van der Waals surface area (Å²) < 4.78 is 10.3. The van der Waals surface area contributed by atoms with Crippen molar-refractivity contribution in [3.05, 3.63) is 0 Å². The summed E-state index contributed by atoms with van der Waals surface area (Å²) >= 11 is 0. The number of rotatable bonds is 56. The molecule has 0 aliphatic heterocycles. The molecule has 0 spiro atoms. The van der Waals surface area contributed by atoms with Gasteiger partial charge in [-0.25, -0.2) is 9.59 Å². The SMILES string of the molecule is CCCCCCCCCCCCCCCCCCCCCCCCCCCCCOC(=O)C(=O)OCCCCCCCCCCCCCCCCCCCCCCCCCCCCC. The van der Waals surface area contributed by atoms with Crippen LogP contribution in [-0.4, -0.2) is 25.2 Å². The highest BCUT2D eigenvalue weighted by Crippen LogP contribution is 2.18.